The number of rotatable bonds is 6. The summed E-state index contributed by atoms with van der Waals surface area (Å²) in [4.78, 5) is 11.4. The lowest BCUT2D eigenvalue weighted by molar-refractivity contribution is -0.142. The Labute approximate surface area is 112 Å². The van der Waals surface area contributed by atoms with Crippen molar-refractivity contribution in [3.63, 3.8) is 0 Å². The second-order valence-electron chi connectivity index (χ2n) is 3.82. The highest BCUT2D eigenvalue weighted by Crippen LogP contribution is 2.37. The van der Waals surface area contributed by atoms with Crippen LogP contribution in [0.5, 0.6) is 17.2 Å². The smallest absolute Gasteiger partial charge is 0.322 e. The second kappa shape index (κ2) is 6.84. The molecule has 1 unspecified atom stereocenters. The van der Waals surface area contributed by atoms with Gasteiger partial charge in [0.1, 0.15) is 11.8 Å². The molecule has 0 fully saturated rings. The third kappa shape index (κ3) is 3.29. The monoisotopic (exact) mass is 269 g/mol. The first-order valence-corrected chi connectivity index (χ1v) is 5.70. The molecule has 0 bridgehead atoms. The number of benzene rings is 1. The summed E-state index contributed by atoms with van der Waals surface area (Å²) >= 11 is 0. The molecule has 0 aliphatic rings. The van der Waals surface area contributed by atoms with Crippen molar-refractivity contribution in [1.82, 2.24) is 0 Å². The maximum absolute atomic E-state index is 11.4. The van der Waals surface area contributed by atoms with E-state index >= 15 is 0 Å². The maximum atomic E-state index is 11.4. The SMILES string of the molecule is COC(=O)C(N)Cc1c(OC)ccc(OC)c1OC. The van der Waals surface area contributed by atoms with Crippen molar-refractivity contribution in [3.05, 3.63) is 17.7 Å². The van der Waals surface area contributed by atoms with E-state index in [1.807, 2.05) is 0 Å². The van der Waals surface area contributed by atoms with Gasteiger partial charge in [0.05, 0.1) is 28.4 Å². The Bertz CT molecular complexity index is 447. The average Bonchev–Trinajstić information content (AvgIpc) is 2.45. The summed E-state index contributed by atoms with van der Waals surface area (Å²) in [7, 11) is 5.88. The highest BCUT2D eigenvalue weighted by molar-refractivity contribution is 5.76. The fourth-order valence-electron chi connectivity index (χ4n) is 1.81. The molecule has 106 valence electrons. The summed E-state index contributed by atoms with van der Waals surface area (Å²) in [6.45, 7) is 0. The molecule has 0 spiro atoms. The molecule has 0 heterocycles. The summed E-state index contributed by atoms with van der Waals surface area (Å²) in [5.41, 5.74) is 6.44. The van der Waals surface area contributed by atoms with Crippen LogP contribution in [0.2, 0.25) is 0 Å². The topological polar surface area (TPSA) is 80.0 Å². The summed E-state index contributed by atoms with van der Waals surface area (Å²) in [5.74, 6) is 1.14. The maximum Gasteiger partial charge on any atom is 0.322 e. The molecule has 0 aliphatic carbocycles. The number of methoxy groups -OCH3 is 4. The Kier molecular flexibility index (Phi) is 5.44. The van der Waals surface area contributed by atoms with Crippen LogP contribution in [-0.2, 0) is 16.0 Å². The van der Waals surface area contributed by atoms with Gasteiger partial charge in [-0.2, -0.15) is 0 Å². The Morgan fingerprint density at radius 2 is 1.68 bits per heavy atom. The Morgan fingerprint density at radius 3 is 2.16 bits per heavy atom. The first-order valence-electron chi connectivity index (χ1n) is 5.70. The Balaban J connectivity index is 3.18. The van der Waals surface area contributed by atoms with E-state index in [-0.39, 0.29) is 6.42 Å². The van der Waals surface area contributed by atoms with Gasteiger partial charge in [-0.3, -0.25) is 4.79 Å². The number of esters is 1. The van der Waals surface area contributed by atoms with Crippen LogP contribution >= 0.6 is 0 Å². The summed E-state index contributed by atoms with van der Waals surface area (Å²) in [6, 6.07) is 2.67. The van der Waals surface area contributed by atoms with E-state index in [1.54, 1.807) is 12.1 Å². The molecule has 6 heteroatoms. The first kappa shape index (κ1) is 15.1. The molecular formula is C13H19NO5. The Morgan fingerprint density at radius 1 is 1.11 bits per heavy atom. The van der Waals surface area contributed by atoms with E-state index in [0.29, 0.717) is 22.8 Å². The fraction of sp³-hybridized carbons (Fsp3) is 0.462. The van der Waals surface area contributed by atoms with Crippen LogP contribution in [0, 0.1) is 0 Å². The second-order valence-corrected chi connectivity index (χ2v) is 3.82. The number of hydrogen-bond acceptors (Lipinski definition) is 6. The van der Waals surface area contributed by atoms with Gasteiger partial charge in [0.15, 0.2) is 11.5 Å². The normalized spacial score (nSPS) is 11.6. The van der Waals surface area contributed by atoms with Crippen LogP contribution in [0.1, 0.15) is 5.56 Å². The van der Waals surface area contributed by atoms with E-state index in [4.69, 9.17) is 19.9 Å². The van der Waals surface area contributed by atoms with Crippen molar-refractivity contribution in [3.8, 4) is 17.2 Å². The number of ether oxygens (including phenoxy) is 4. The molecule has 2 N–H and O–H groups in total. The molecule has 1 aromatic carbocycles. The molecular weight excluding hydrogens is 250 g/mol. The van der Waals surface area contributed by atoms with E-state index in [0.717, 1.165) is 0 Å². The minimum absolute atomic E-state index is 0.232. The number of carbonyl (C=O) groups is 1. The van der Waals surface area contributed by atoms with Crippen molar-refractivity contribution in [1.29, 1.82) is 0 Å². The highest BCUT2D eigenvalue weighted by atomic mass is 16.5. The number of hydrogen-bond donors (Lipinski definition) is 1. The van der Waals surface area contributed by atoms with Crippen molar-refractivity contribution in [2.24, 2.45) is 5.73 Å². The van der Waals surface area contributed by atoms with Crippen LogP contribution in [0.25, 0.3) is 0 Å². The molecule has 6 nitrogen and oxygen atoms in total. The molecule has 1 aromatic rings. The van der Waals surface area contributed by atoms with Crippen molar-refractivity contribution in [2.45, 2.75) is 12.5 Å². The third-order valence-electron chi connectivity index (χ3n) is 2.75. The molecule has 1 rings (SSSR count). The van der Waals surface area contributed by atoms with E-state index < -0.39 is 12.0 Å². The zero-order valence-corrected chi connectivity index (χ0v) is 11.6. The van der Waals surface area contributed by atoms with Gasteiger partial charge >= 0.3 is 5.97 Å². The van der Waals surface area contributed by atoms with Crippen LogP contribution in [0.15, 0.2) is 12.1 Å². The van der Waals surface area contributed by atoms with Gasteiger partial charge in [-0.25, -0.2) is 0 Å². The lowest BCUT2D eigenvalue weighted by atomic mass is 10.0. The van der Waals surface area contributed by atoms with Gasteiger partial charge in [-0.15, -0.1) is 0 Å². The summed E-state index contributed by atoms with van der Waals surface area (Å²) < 4.78 is 20.4. The van der Waals surface area contributed by atoms with Crippen LogP contribution in [0.4, 0.5) is 0 Å². The molecule has 0 amide bonds. The number of nitrogens with two attached hydrogens (primary N) is 1. The lowest BCUT2D eigenvalue weighted by Gasteiger charge is -2.18. The molecule has 0 aromatic heterocycles. The van der Waals surface area contributed by atoms with E-state index in [1.165, 1.54) is 28.4 Å². The largest absolute Gasteiger partial charge is 0.496 e. The van der Waals surface area contributed by atoms with Crippen molar-refractivity contribution >= 4 is 5.97 Å². The van der Waals surface area contributed by atoms with Gasteiger partial charge in [-0.05, 0) is 12.1 Å². The van der Waals surface area contributed by atoms with Gasteiger partial charge < -0.3 is 24.7 Å². The van der Waals surface area contributed by atoms with Crippen molar-refractivity contribution in [2.75, 3.05) is 28.4 Å². The van der Waals surface area contributed by atoms with E-state index in [2.05, 4.69) is 4.74 Å². The van der Waals surface area contributed by atoms with Gasteiger partial charge in [0.2, 0.25) is 0 Å². The Hall–Kier alpha value is -1.95. The lowest BCUT2D eigenvalue weighted by Crippen LogP contribution is -2.33. The van der Waals surface area contributed by atoms with Crippen LogP contribution < -0.4 is 19.9 Å². The molecule has 0 radical (unpaired) electrons. The summed E-state index contributed by atoms with van der Waals surface area (Å²) in [5, 5.41) is 0. The predicted molar refractivity (Wildman–Crippen MR) is 69.8 cm³/mol. The average molecular weight is 269 g/mol. The van der Waals surface area contributed by atoms with Crippen LogP contribution in [0.3, 0.4) is 0 Å². The molecule has 19 heavy (non-hydrogen) atoms. The minimum atomic E-state index is -0.792. The fourth-order valence-corrected chi connectivity index (χ4v) is 1.81. The highest BCUT2D eigenvalue weighted by Gasteiger charge is 2.22. The summed E-state index contributed by atoms with van der Waals surface area (Å²) in [6.07, 6.45) is 0.232. The van der Waals surface area contributed by atoms with Gasteiger partial charge in [-0.1, -0.05) is 0 Å². The zero-order valence-electron chi connectivity index (χ0n) is 11.6. The van der Waals surface area contributed by atoms with Crippen molar-refractivity contribution < 1.29 is 23.7 Å². The molecule has 1 atom stereocenters. The number of carbonyl (C=O) groups excluding carboxylic acids is 1. The van der Waals surface area contributed by atoms with Crippen LogP contribution in [-0.4, -0.2) is 40.5 Å². The predicted octanol–water partition coefficient (Wildman–Crippen LogP) is 0.755. The minimum Gasteiger partial charge on any atom is -0.496 e. The molecule has 0 saturated carbocycles. The molecule has 0 aliphatic heterocycles. The van der Waals surface area contributed by atoms with Gasteiger partial charge in [0.25, 0.3) is 0 Å². The van der Waals surface area contributed by atoms with E-state index in [9.17, 15) is 4.79 Å². The van der Waals surface area contributed by atoms with Gasteiger partial charge in [0, 0.05) is 12.0 Å². The zero-order chi connectivity index (χ0) is 14.4. The molecule has 0 saturated heterocycles. The first-order chi connectivity index (χ1) is 9.08. The third-order valence-corrected chi connectivity index (χ3v) is 2.75. The quantitative estimate of drug-likeness (QED) is 0.768. The standard InChI is InChI=1S/C13H19NO5/c1-16-10-5-6-11(17-2)12(18-3)8(10)7-9(14)13(15)19-4/h5-6,9H,7,14H2,1-4H3.